The molecule has 0 saturated carbocycles. The minimum absolute atomic E-state index is 0.881. The lowest BCUT2D eigenvalue weighted by Crippen LogP contribution is -2.33. The zero-order valence-electron chi connectivity index (χ0n) is 10.1. The van der Waals surface area contributed by atoms with Crippen LogP contribution in [-0.4, -0.2) is 19.6 Å². The summed E-state index contributed by atoms with van der Waals surface area (Å²) < 4.78 is 0. The molecule has 1 aliphatic heterocycles. The number of thiophene rings is 1. The van der Waals surface area contributed by atoms with Crippen LogP contribution in [0.3, 0.4) is 0 Å². The van der Waals surface area contributed by atoms with Crippen LogP contribution in [-0.2, 0) is 13.0 Å². The zero-order valence-corrected chi connectivity index (χ0v) is 10.9. The van der Waals surface area contributed by atoms with Gasteiger partial charge in [0.25, 0.3) is 0 Å². The zero-order chi connectivity index (χ0) is 11.2. The Bertz CT molecular complexity index is 303. The van der Waals surface area contributed by atoms with Crippen molar-refractivity contribution in [2.24, 2.45) is 5.92 Å². The standard InChI is InChI=1S/C13H22N2S/c1-2-12-3-4-13(16-12)10-15-9-11-5-7-14-8-6-11/h3-4,11,14-15H,2,5-10H2,1H3. The van der Waals surface area contributed by atoms with Crippen LogP contribution < -0.4 is 10.6 Å². The van der Waals surface area contributed by atoms with Gasteiger partial charge in [0.1, 0.15) is 0 Å². The third kappa shape index (κ3) is 3.58. The molecule has 1 aromatic rings. The molecule has 2 rings (SSSR count). The van der Waals surface area contributed by atoms with E-state index in [0.29, 0.717) is 0 Å². The van der Waals surface area contributed by atoms with Crippen molar-refractivity contribution >= 4 is 11.3 Å². The Balaban J connectivity index is 1.66. The summed E-state index contributed by atoms with van der Waals surface area (Å²) in [6, 6.07) is 4.52. The average Bonchev–Trinajstić information content (AvgIpc) is 2.78. The van der Waals surface area contributed by atoms with E-state index in [9.17, 15) is 0 Å². The lowest BCUT2D eigenvalue weighted by molar-refractivity contribution is 0.357. The minimum Gasteiger partial charge on any atom is -0.317 e. The number of piperidine rings is 1. The van der Waals surface area contributed by atoms with E-state index in [0.717, 1.165) is 12.5 Å². The van der Waals surface area contributed by atoms with Crippen LogP contribution >= 0.6 is 11.3 Å². The minimum atomic E-state index is 0.881. The maximum Gasteiger partial charge on any atom is 0.0299 e. The fraction of sp³-hybridized carbons (Fsp3) is 0.692. The molecule has 16 heavy (non-hydrogen) atoms. The smallest absolute Gasteiger partial charge is 0.0299 e. The van der Waals surface area contributed by atoms with Crippen molar-refractivity contribution < 1.29 is 0 Å². The molecule has 0 radical (unpaired) electrons. The predicted octanol–water partition coefficient (Wildman–Crippen LogP) is 2.40. The SMILES string of the molecule is CCc1ccc(CNCC2CCNCC2)s1. The van der Waals surface area contributed by atoms with E-state index in [-0.39, 0.29) is 0 Å². The molecule has 1 aliphatic rings. The molecular formula is C13H22N2S. The summed E-state index contributed by atoms with van der Waals surface area (Å²) >= 11 is 1.94. The van der Waals surface area contributed by atoms with Gasteiger partial charge in [-0.3, -0.25) is 0 Å². The van der Waals surface area contributed by atoms with Gasteiger partial charge in [-0.2, -0.15) is 0 Å². The molecule has 1 saturated heterocycles. The number of hydrogen-bond donors (Lipinski definition) is 2. The van der Waals surface area contributed by atoms with Crippen molar-refractivity contribution in [2.45, 2.75) is 32.7 Å². The second-order valence-electron chi connectivity index (χ2n) is 4.55. The van der Waals surface area contributed by atoms with Gasteiger partial charge in [0.2, 0.25) is 0 Å². The summed E-state index contributed by atoms with van der Waals surface area (Å²) in [6.07, 6.45) is 3.83. The maximum absolute atomic E-state index is 3.59. The van der Waals surface area contributed by atoms with Gasteiger partial charge in [-0.25, -0.2) is 0 Å². The molecule has 2 N–H and O–H groups in total. The van der Waals surface area contributed by atoms with Crippen molar-refractivity contribution in [3.8, 4) is 0 Å². The number of rotatable bonds is 5. The summed E-state index contributed by atoms with van der Waals surface area (Å²) in [5.74, 6) is 0.881. The summed E-state index contributed by atoms with van der Waals surface area (Å²) in [5, 5.41) is 7.00. The first-order chi connectivity index (χ1) is 7.88. The third-order valence-corrected chi connectivity index (χ3v) is 4.49. The molecule has 2 nitrogen and oxygen atoms in total. The first-order valence-corrected chi connectivity index (χ1v) is 7.19. The van der Waals surface area contributed by atoms with Crippen molar-refractivity contribution in [3.05, 3.63) is 21.9 Å². The van der Waals surface area contributed by atoms with E-state index < -0.39 is 0 Å². The summed E-state index contributed by atoms with van der Waals surface area (Å²) in [7, 11) is 0. The molecule has 1 aromatic heterocycles. The number of nitrogens with one attached hydrogen (secondary N) is 2. The lowest BCUT2D eigenvalue weighted by Gasteiger charge is -2.22. The molecule has 0 unspecified atom stereocenters. The third-order valence-electron chi connectivity index (χ3n) is 3.26. The van der Waals surface area contributed by atoms with Gasteiger partial charge in [-0.05, 0) is 56.9 Å². The second kappa shape index (κ2) is 6.38. The van der Waals surface area contributed by atoms with E-state index in [2.05, 4.69) is 29.7 Å². The van der Waals surface area contributed by atoms with Crippen LogP contribution in [0.4, 0.5) is 0 Å². The molecule has 0 atom stereocenters. The molecule has 90 valence electrons. The van der Waals surface area contributed by atoms with E-state index >= 15 is 0 Å². The fourth-order valence-corrected chi connectivity index (χ4v) is 3.12. The van der Waals surface area contributed by atoms with E-state index in [1.54, 1.807) is 0 Å². The topological polar surface area (TPSA) is 24.1 Å². The molecule has 0 aliphatic carbocycles. The van der Waals surface area contributed by atoms with Gasteiger partial charge in [0.05, 0.1) is 0 Å². The highest BCUT2D eigenvalue weighted by atomic mass is 32.1. The van der Waals surface area contributed by atoms with Crippen LogP contribution in [0.15, 0.2) is 12.1 Å². The van der Waals surface area contributed by atoms with E-state index in [1.807, 2.05) is 11.3 Å². The van der Waals surface area contributed by atoms with Gasteiger partial charge in [-0.1, -0.05) is 6.92 Å². The van der Waals surface area contributed by atoms with E-state index in [1.165, 1.54) is 48.7 Å². The monoisotopic (exact) mass is 238 g/mol. The van der Waals surface area contributed by atoms with Crippen LogP contribution in [0.1, 0.15) is 29.5 Å². The van der Waals surface area contributed by atoms with Gasteiger partial charge < -0.3 is 10.6 Å². The normalized spacial score (nSPS) is 17.8. The Morgan fingerprint density at radius 2 is 2.06 bits per heavy atom. The van der Waals surface area contributed by atoms with E-state index in [4.69, 9.17) is 0 Å². The average molecular weight is 238 g/mol. The lowest BCUT2D eigenvalue weighted by atomic mass is 9.98. The molecule has 3 heteroatoms. The Morgan fingerprint density at radius 1 is 1.31 bits per heavy atom. The molecule has 0 aromatic carbocycles. The number of hydrogen-bond acceptors (Lipinski definition) is 3. The summed E-state index contributed by atoms with van der Waals surface area (Å²) in [5.41, 5.74) is 0. The molecule has 1 fully saturated rings. The van der Waals surface area contributed by atoms with Crippen molar-refractivity contribution in [1.29, 1.82) is 0 Å². The van der Waals surface area contributed by atoms with Crippen LogP contribution in [0, 0.1) is 5.92 Å². The van der Waals surface area contributed by atoms with Crippen LogP contribution in [0.2, 0.25) is 0 Å². The molecule has 0 bridgehead atoms. The molecule has 0 amide bonds. The Kier molecular flexibility index (Phi) is 4.82. The van der Waals surface area contributed by atoms with Crippen LogP contribution in [0.25, 0.3) is 0 Å². The second-order valence-corrected chi connectivity index (χ2v) is 5.80. The first kappa shape index (κ1) is 12.1. The quantitative estimate of drug-likeness (QED) is 0.823. The molecule has 0 spiro atoms. The number of aryl methyl sites for hydroxylation is 1. The van der Waals surface area contributed by atoms with Crippen molar-refractivity contribution in [2.75, 3.05) is 19.6 Å². The molecular weight excluding hydrogens is 216 g/mol. The highest BCUT2D eigenvalue weighted by Crippen LogP contribution is 2.17. The molecule has 2 heterocycles. The Labute approximate surface area is 102 Å². The summed E-state index contributed by atoms with van der Waals surface area (Å²) in [4.78, 5) is 2.98. The fourth-order valence-electron chi connectivity index (χ4n) is 2.19. The maximum atomic E-state index is 3.59. The van der Waals surface area contributed by atoms with Crippen molar-refractivity contribution in [1.82, 2.24) is 10.6 Å². The van der Waals surface area contributed by atoms with Gasteiger partial charge >= 0.3 is 0 Å². The van der Waals surface area contributed by atoms with Gasteiger partial charge in [0, 0.05) is 16.3 Å². The predicted molar refractivity (Wildman–Crippen MR) is 71.0 cm³/mol. The van der Waals surface area contributed by atoms with Crippen molar-refractivity contribution in [3.63, 3.8) is 0 Å². The Morgan fingerprint density at radius 3 is 2.75 bits per heavy atom. The highest BCUT2D eigenvalue weighted by molar-refractivity contribution is 7.11. The highest BCUT2D eigenvalue weighted by Gasteiger charge is 2.12. The Hall–Kier alpha value is -0.380. The van der Waals surface area contributed by atoms with Gasteiger partial charge in [-0.15, -0.1) is 11.3 Å². The van der Waals surface area contributed by atoms with Gasteiger partial charge in [0.15, 0.2) is 0 Å². The van der Waals surface area contributed by atoms with Crippen LogP contribution in [0.5, 0.6) is 0 Å². The largest absolute Gasteiger partial charge is 0.317 e. The first-order valence-electron chi connectivity index (χ1n) is 6.37. The summed E-state index contributed by atoms with van der Waals surface area (Å²) in [6.45, 7) is 6.85.